The highest BCUT2D eigenvalue weighted by Crippen LogP contribution is 2.32. The van der Waals surface area contributed by atoms with Crippen LogP contribution in [0.3, 0.4) is 0 Å². The lowest BCUT2D eigenvalue weighted by Gasteiger charge is -2.31. The summed E-state index contributed by atoms with van der Waals surface area (Å²) < 4.78 is 50.4. The highest BCUT2D eigenvalue weighted by atomic mass is 32.2. The summed E-state index contributed by atoms with van der Waals surface area (Å²) in [5, 5.41) is 9.99. The molecule has 1 saturated heterocycles. The lowest BCUT2D eigenvalue weighted by Crippen LogP contribution is -2.38. The van der Waals surface area contributed by atoms with Crippen LogP contribution in [0.5, 0.6) is 5.75 Å². The molecule has 2 aliphatic heterocycles. The number of rotatable bonds is 11. The highest BCUT2D eigenvalue weighted by Gasteiger charge is 2.34. The van der Waals surface area contributed by atoms with Crippen molar-refractivity contribution in [2.45, 2.75) is 36.4 Å². The fourth-order valence-corrected chi connectivity index (χ4v) is 6.61. The Hall–Kier alpha value is -3.71. The molecule has 2 aliphatic rings. The van der Waals surface area contributed by atoms with Crippen molar-refractivity contribution < 1.29 is 36.9 Å². The molecule has 1 fully saturated rings. The largest absolute Gasteiger partial charge is 0.497 e. The Bertz CT molecular complexity index is 1600. The molecule has 42 heavy (non-hydrogen) atoms. The Morgan fingerprint density at radius 1 is 1.10 bits per heavy atom. The number of likely N-dealkylation sites (tertiary alicyclic amines) is 1. The third kappa shape index (κ3) is 6.36. The number of hydrogen-bond acceptors (Lipinski definition) is 9. The summed E-state index contributed by atoms with van der Waals surface area (Å²) in [6.07, 6.45) is 4.15. The molecular formula is C30H34N2O9S. The normalized spacial score (nSPS) is 19.1. The Labute approximate surface area is 243 Å². The van der Waals surface area contributed by atoms with E-state index in [9.17, 15) is 23.1 Å². The third-order valence-electron chi connectivity index (χ3n) is 7.46. The number of hydrogen-bond donors (Lipinski definition) is 1. The van der Waals surface area contributed by atoms with Gasteiger partial charge in [0.1, 0.15) is 11.3 Å². The van der Waals surface area contributed by atoms with Gasteiger partial charge >= 0.3 is 0 Å². The Morgan fingerprint density at radius 3 is 2.55 bits per heavy atom. The number of carbonyl (C=O) groups is 1. The number of para-hydroxylation sites is 1. The summed E-state index contributed by atoms with van der Waals surface area (Å²) >= 11 is 0. The topological polar surface area (TPSA) is 136 Å². The first-order valence-corrected chi connectivity index (χ1v) is 15.3. The van der Waals surface area contributed by atoms with Crippen molar-refractivity contribution in [1.82, 2.24) is 9.21 Å². The van der Waals surface area contributed by atoms with E-state index in [4.69, 9.17) is 18.6 Å². The first-order valence-electron chi connectivity index (χ1n) is 13.9. The Balaban J connectivity index is 1.34. The van der Waals surface area contributed by atoms with Gasteiger partial charge in [-0.1, -0.05) is 12.1 Å². The molecule has 2 atom stereocenters. The van der Waals surface area contributed by atoms with Gasteiger partial charge in [-0.25, -0.2) is 8.42 Å². The standard InChI is InChI=1S/C30H34N2O9S/c1-38-22-8-10-23(11-9-22)42(36,37)32(14-16-33)15-17-39-28-19-21(18-27(41-28)30(35)31-12-4-5-13-31)25-20-40-26-7-3-2-6-24(26)29(25)34/h2-3,6-11,18,20-21,28,33H,4-5,12-17,19H2,1H3/t21-,28+/m1/s1. The monoisotopic (exact) mass is 598 g/mol. The average Bonchev–Trinajstić information content (AvgIpc) is 3.56. The number of aliphatic hydroxyl groups excluding tert-OH is 1. The number of methoxy groups -OCH3 is 1. The maximum atomic E-state index is 13.4. The van der Waals surface area contributed by atoms with Gasteiger partial charge in [0.25, 0.3) is 5.91 Å². The quantitative estimate of drug-likeness (QED) is 0.353. The number of amides is 1. The van der Waals surface area contributed by atoms with E-state index >= 15 is 0 Å². The van der Waals surface area contributed by atoms with Crippen LogP contribution in [0.4, 0.5) is 0 Å². The second-order valence-electron chi connectivity index (χ2n) is 10.1. The van der Waals surface area contributed by atoms with E-state index in [1.54, 1.807) is 47.4 Å². The summed E-state index contributed by atoms with van der Waals surface area (Å²) in [6, 6.07) is 12.9. The second-order valence-corrected chi connectivity index (χ2v) is 12.0. The number of carbonyl (C=O) groups excluding carboxylic acids is 1. The molecule has 12 heteroatoms. The molecule has 0 saturated carbocycles. The van der Waals surface area contributed by atoms with Gasteiger partial charge in [-0.3, -0.25) is 9.59 Å². The van der Waals surface area contributed by atoms with Gasteiger partial charge in [-0.05, 0) is 55.3 Å². The maximum absolute atomic E-state index is 13.4. The predicted octanol–water partition coefficient (Wildman–Crippen LogP) is 2.84. The van der Waals surface area contributed by atoms with Crippen LogP contribution in [-0.2, 0) is 24.3 Å². The zero-order valence-electron chi connectivity index (χ0n) is 23.3. The minimum Gasteiger partial charge on any atom is -0.497 e. The molecule has 224 valence electrons. The van der Waals surface area contributed by atoms with E-state index in [1.807, 2.05) is 0 Å². The minimum atomic E-state index is -3.94. The summed E-state index contributed by atoms with van der Waals surface area (Å²) in [5.41, 5.74) is 0.637. The molecule has 3 aromatic rings. The number of fused-ring (bicyclic) bond motifs is 1. The van der Waals surface area contributed by atoms with E-state index in [0.29, 0.717) is 35.4 Å². The highest BCUT2D eigenvalue weighted by molar-refractivity contribution is 7.89. The van der Waals surface area contributed by atoms with E-state index < -0.39 is 22.2 Å². The molecule has 3 heterocycles. The predicted molar refractivity (Wildman–Crippen MR) is 153 cm³/mol. The van der Waals surface area contributed by atoms with Gasteiger partial charge < -0.3 is 28.6 Å². The number of sulfonamides is 1. The van der Waals surface area contributed by atoms with Gasteiger partial charge in [-0.2, -0.15) is 4.31 Å². The lowest BCUT2D eigenvalue weighted by molar-refractivity contribution is -0.152. The van der Waals surface area contributed by atoms with Crippen LogP contribution in [0.15, 0.2) is 80.7 Å². The number of allylic oxidation sites excluding steroid dienone is 1. The second kappa shape index (κ2) is 13.1. The number of ether oxygens (including phenoxy) is 3. The summed E-state index contributed by atoms with van der Waals surface area (Å²) in [5.74, 6) is -0.200. The molecule has 0 spiro atoms. The maximum Gasteiger partial charge on any atom is 0.288 e. The summed E-state index contributed by atoms with van der Waals surface area (Å²) in [6.45, 7) is 0.566. The molecule has 1 aromatic heterocycles. The minimum absolute atomic E-state index is 0.0511. The third-order valence-corrected chi connectivity index (χ3v) is 9.37. The molecule has 2 aromatic carbocycles. The van der Waals surface area contributed by atoms with Crippen LogP contribution < -0.4 is 10.2 Å². The molecule has 1 N–H and O–H groups in total. The fourth-order valence-electron chi connectivity index (χ4n) is 5.20. The summed E-state index contributed by atoms with van der Waals surface area (Å²) in [4.78, 5) is 28.4. The van der Waals surface area contributed by atoms with Gasteiger partial charge in [0.15, 0.2) is 11.2 Å². The molecule has 0 radical (unpaired) electrons. The van der Waals surface area contributed by atoms with Crippen molar-refractivity contribution in [2.24, 2.45) is 0 Å². The van der Waals surface area contributed by atoms with Gasteiger partial charge in [-0.15, -0.1) is 0 Å². The fraction of sp³-hybridized carbons (Fsp3) is 0.400. The molecule has 0 unspecified atom stereocenters. The number of nitrogens with zero attached hydrogens (tertiary/aromatic N) is 2. The molecule has 11 nitrogen and oxygen atoms in total. The first-order chi connectivity index (χ1) is 20.3. The van der Waals surface area contributed by atoms with E-state index in [1.165, 1.54) is 25.5 Å². The Kier molecular flexibility index (Phi) is 9.27. The van der Waals surface area contributed by atoms with Crippen molar-refractivity contribution >= 4 is 26.9 Å². The van der Waals surface area contributed by atoms with Crippen LogP contribution in [0.2, 0.25) is 0 Å². The van der Waals surface area contributed by atoms with Gasteiger partial charge in [0.05, 0.1) is 36.9 Å². The SMILES string of the molecule is COc1ccc(S(=O)(=O)N(CCO)CCO[C@@H]2C[C@H](c3coc4ccccc4c3=O)C=C(C(=O)N3CCCC3)O2)cc1. The van der Waals surface area contributed by atoms with Gasteiger partial charge in [0, 0.05) is 44.1 Å². The molecule has 1 amide bonds. The van der Waals surface area contributed by atoms with Crippen LogP contribution in [0.1, 0.15) is 30.7 Å². The average molecular weight is 599 g/mol. The van der Waals surface area contributed by atoms with Crippen LogP contribution in [-0.4, -0.2) is 81.4 Å². The molecule has 0 bridgehead atoms. The smallest absolute Gasteiger partial charge is 0.288 e. The van der Waals surface area contributed by atoms with E-state index in [2.05, 4.69) is 0 Å². The van der Waals surface area contributed by atoms with Crippen molar-refractivity contribution in [3.63, 3.8) is 0 Å². The van der Waals surface area contributed by atoms with E-state index in [0.717, 1.165) is 17.1 Å². The number of aliphatic hydroxyl groups is 1. The van der Waals surface area contributed by atoms with Crippen molar-refractivity contribution in [2.75, 3.05) is 46.5 Å². The zero-order chi connectivity index (χ0) is 29.7. The van der Waals surface area contributed by atoms with Gasteiger partial charge in [0.2, 0.25) is 16.3 Å². The van der Waals surface area contributed by atoms with Crippen molar-refractivity contribution in [3.05, 3.63) is 82.4 Å². The lowest BCUT2D eigenvalue weighted by atomic mass is 9.93. The molecule has 0 aliphatic carbocycles. The van der Waals surface area contributed by atoms with Crippen molar-refractivity contribution in [1.29, 1.82) is 0 Å². The first kappa shape index (κ1) is 29.8. The Morgan fingerprint density at radius 2 is 1.83 bits per heavy atom. The zero-order valence-corrected chi connectivity index (χ0v) is 24.1. The van der Waals surface area contributed by atoms with Crippen LogP contribution in [0.25, 0.3) is 11.0 Å². The molecular weight excluding hydrogens is 564 g/mol. The molecule has 5 rings (SSSR count). The number of benzene rings is 2. The van der Waals surface area contributed by atoms with Crippen molar-refractivity contribution in [3.8, 4) is 5.75 Å². The van der Waals surface area contributed by atoms with Crippen LogP contribution >= 0.6 is 0 Å². The van der Waals surface area contributed by atoms with E-state index in [-0.39, 0.29) is 54.7 Å². The van der Waals surface area contributed by atoms with Crippen LogP contribution in [0, 0.1) is 0 Å². The summed E-state index contributed by atoms with van der Waals surface area (Å²) in [7, 11) is -2.45.